The van der Waals surface area contributed by atoms with Crippen LogP contribution in [-0.4, -0.2) is 46.4 Å². The normalized spacial score (nSPS) is 39.5. The Hall–Kier alpha value is 0.890. The van der Waals surface area contributed by atoms with Gasteiger partial charge in [0.1, 0.15) is 0 Å². The molecule has 20 heavy (non-hydrogen) atoms. The van der Waals surface area contributed by atoms with Gasteiger partial charge in [-0.05, 0) is 0 Å². The Kier molecular flexibility index (Phi) is 4.87. The average molecular weight is 507 g/mol. The van der Waals surface area contributed by atoms with E-state index in [1.165, 1.54) is 10.8 Å². The molecule has 0 amide bonds. The van der Waals surface area contributed by atoms with Gasteiger partial charge in [-0.1, -0.05) is 0 Å². The van der Waals surface area contributed by atoms with Crippen molar-refractivity contribution in [3.8, 4) is 0 Å². The van der Waals surface area contributed by atoms with E-state index in [2.05, 4.69) is 16.8 Å². The zero-order chi connectivity index (χ0) is 14.3. The maximum atomic E-state index is 12.4. The third kappa shape index (κ3) is 3.29. The summed E-state index contributed by atoms with van der Waals surface area (Å²) in [5, 5.41) is 0. The summed E-state index contributed by atoms with van der Waals surface area (Å²) in [5.41, 5.74) is 0. The fraction of sp³-hybridized carbons (Fsp3) is 0.933. The van der Waals surface area contributed by atoms with Crippen molar-refractivity contribution < 1.29 is 35.5 Å². The molecule has 2 saturated heterocycles. The number of hydrogen-bond acceptors (Lipinski definition) is 3. The molecule has 0 aromatic rings. The molecular weight excluding hydrogens is 482 g/mol. The first-order valence-corrected chi connectivity index (χ1v) is 15.5. The molecule has 5 atom stereocenters. The van der Waals surface area contributed by atoms with Gasteiger partial charge in [-0.2, -0.15) is 0 Å². The number of hydrogen-bond donors (Lipinski definition) is 0. The first-order valence-electron chi connectivity index (χ1n) is 7.38. The number of carbonyl (C=O) groups excluding carboxylic acids is 1. The van der Waals surface area contributed by atoms with Crippen LogP contribution >= 0.6 is 19.8 Å². The monoisotopic (exact) mass is 507 g/mol. The van der Waals surface area contributed by atoms with Crippen molar-refractivity contribution in [2.75, 3.05) is 20.9 Å². The Morgan fingerprint density at radius 2 is 2.20 bits per heavy atom. The quantitative estimate of drug-likeness (QED) is 0.286. The van der Waals surface area contributed by atoms with Crippen molar-refractivity contribution in [1.82, 2.24) is 0 Å². The van der Waals surface area contributed by atoms with Crippen molar-refractivity contribution in [3.63, 3.8) is 0 Å². The summed E-state index contributed by atoms with van der Waals surface area (Å²) in [6.45, 7) is 3.24. The van der Waals surface area contributed by atoms with Crippen LogP contribution in [0.5, 0.6) is 0 Å². The molecule has 1 saturated carbocycles. The van der Waals surface area contributed by atoms with Gasteiger partial charge in [-0.15, -0.1) is 0 Å². The molecule has 3 aliphatic rings. The minimum atomic E-state index is -1.00. The Balaban J connectivity index is 1.56. The van der Waals surface area contributed by atoms with E-state index in [4.69, 9.17) is 9.47 Å². The summed E-state index contributed by atoms with van der Waals surface area (Å²) in [7, 11) is 0. The number of carbonyl (C=O) groups is 1. The third-order valence-corrected chi connectivity index (χ3v) is 15.4. The van der Waals surface area contributed by atoms with E-state index >= 15 is 0 Å². The van der Waals surface area contributed by atoms with Crippen LogP contribution in [0.4, 0.5) is 0 Å². The fourth-order valence-corrected chi connectivity index (χ4v) is 13.4. The summed E-state index contributed by atoms with van der Waals surface area (Å²) in [6, 6.07) is 0. The van der Waals surface area contributed by atoms with Gasteiger partial charge in [-0.25, -0.2) is 0 Å². The van der Waals surface area contributed by atoms with Gasteiger partial charge in [0, 0.05) is 0 Å². The van der Waals surface area contributed by atoms with Crippen LogP contribution in [-0.2, 0) is 14.3 Å². The molecule has 0 radical (unpaired) electrons. The van der Waals surface area contributed by atoms with Crippen molar-refractivity contribution in [2.24, 2.45) is 5.92 Å². The predicted molar refractivity (Wildman–Crippen MR) is 84.5 cm³/mol. The summed E-state index contributed by atoms with van der Waals surface area (Å²) in [4.78, 5) is 17.2. The molecule has 2 heterocycles. The summed E-state index contributed by atoms with van der Waals surface area (Å²) < 4.78 is 14.2. The molecular formula is C15H25I2O3-. The van der Waals surface area contributed by atoms with Crippen molar-refractivity contribution >= 4 is 25.8 Å². The molecule has 2 bridgehead atoms. The van der Waals surface area contributed by atoms with Crippen LogP contribution in [0.2, 0.25) is 0 Å². The molecule has 0 N–H and O–H groups in total. The molecule has 0 spiro atoms. The standard InChI is InChI=1S/C15H25I2O3/c1-15(17(2)3,13-8-16-13)7-14(18)20-11-5-4-10-6-12(11)19-9-10/h10-13H,4-9H2,1-3H3/q-1. The number of fused-ring (bicyclic) bond motifs is 2. The van der Waals surface area contributed by atoms with Gasteiger partial charge >= 0.3 is 140 Å². The first-order chi connectivity index (χ1) is 9.49. The number of esters is 1. The summed E-state index contributed by atoms with van der Waals surface area (Å²) >= 11 is -0.606. The van der Waals surface area contributed by atoms with Gasteiger partial charge in [-0.3, -0.25) is 0 Å². The predicted octanol–water partition coefficient (Wildman–Crippen LogP) is -0.517. The maximum absolute atomic E-state index is 12.4. The molecule has 118 valence electrons. The van der Waals surface area contributed by atoms with Gasteiger partial charge < -0.3 is 0 Å². The molecule has 2 aliphatic heterocycles. The van der Waals surface area contributed by atoms with Crippen LogP contribution in [0.15, 0.2) is 0 Å². The molecule has 5 heteroatoms. The Morgan fingerprint density at radius 3 is 2.85 bits per heavy atom. The van der Waals surface area contributed by atoms with E-state index in [0.717, 1.165) is 29.3 Å². The second-order valence-electron chi connectivity index (χ2n) is 6.57. The van der Waals surface area contributed by atoms with E-state index in [1.807, 2.05) is 0 Å². The SMILES string of the molecule is CI(C)C(C)(CC(=O)OC1CCC2COC1C2)C1C[I-]1. The van der Waals surface area contributed by atoms with Crippen LogP contribution < -0.4 is 21.2 Å². The number of halogens is 2. The van der Waals surface area contributed by atoms with Crippen LogP contribution in [0.1, 0.15) is 32.6 Å². The molecule has 1 aliphatic carbocycles. The minimum absolute atomic E-state index is 0.0374. The first kappa shape index (κ1) is 15.8. The molecule has 3 fully saturated rings. The van der Waals surface area contributed by atoms with Gasteiger partial charge in [0.25, 0.3) is 0 Å². The number of alkyl halides is 5. The zero-order valence-corrected chi connectivity index (χ0v) is 16.8. The molecule has 3 rings (SSSR count). The van der Waals surface area contributed by atoms with Gasteiger partial charge in [0.05, 0.1) is 0 Å². The Bertz CT molecular complexity index is 379. The van der Waals surface area contributed by atoms with Crippen LogP contribution in [0, 0.1) is 5.92 Å². The summed E-state index contributed by atoms with van der Waals surface area (Å²) in [6.07, 6.45) is 4.17. The van der Waals surface area contributed by atoms with E-state index < -0.39 is 19.8 Å². The number of rotatable bonds is 5. The Morgan fingerprint density at radius 1 is 1.45 bits per heavy atom. The van der Waals surface area contributed by atoms with Crippen LogP contribution in [0.3, 0.4) is 0 Å². The van der Waals surface area contributed by atoms with Crippen LogP contribution in [0.25, 0.3) is 0 Å². The fourth-order valence-electron chi connectivity index (χ4n) is 3.25. The molecule has 5 unspecified atom stereocenters. The van der Waals surface area contributed by atoms with Crippen molar-refractivity contribution in [2.45, 2.75) is 52.2 Å². The molecule has 0 aromatic heterocycles. The van der Waals surface area contributed by atoms with E-state index in [9.17, 15) is 4.79 Å². The topological polar surface area (TPSA) is 35.5 Å². The van der Waals surface area contributed by atoms with E-state index in [-0.39, 0.29) is 18.2 Å². The molecule has 3 nitrogen and oxygen atoms in total. The summed E-state index contributed by atoms with van der Waals surface area (Å²) in [5.74, 6) is 0.772. The van der Waals surface area contributed by atoms with Crippen molar-refractivity contribution in [1.29, 1.82) is 0 Å². The number of ether oxygens (including phenoxy) is 2. The van der Waals surface area contributed by atoms with Gasteiger partial charge in [0.15, 0.2) is 0 Å². The average Bonchev–Trinajstić information content (AvgIpc) is 3.17. The second kappa shape index (κ2) is 6.18. The third-order valence-electron chi connectivity index (χ3n) is 4.98. The van der Waals surface area contributed by atoms with E-state index in [1.54, 1.807) is 0 Å². The van der Waals surface area contributed by atoms with Gasteiger partial charge in [0.2, 0.25) is 0 Å². The molecule has 0 aromatic carbocycles. The zero-order valence-electron chi connectivity index (χ0n) is 12.5. The van der Waals surface area contributed by atoms with E-state index in [0.29, 0.717) is 31.0 Å². The Labute approximate surface area is 139 Å². The second-order valence-corrected chi connectivity index (χ2v) is 16.6. The van der Waals surface area contributed by atoms with Crippen molar-refractivity contribution in [3.05, 3.63) is 0 Å².